The van der Waals surface area contributed by atoms with Gasteiger partial charge in [-0.1, -0.05) is 37.6 Å². The lowest BCUT2D eigenvalue weighted by molar-refractivity contribution is -0.141. The molecule has 1 N–H and O–H groups in total. The molecule has 29 heavy (non-hydrogen) atoms. The quantitative estimate of drug-likeness (QED) is 0.517. The number of ketones is 1. The number of esters is 1. The van der Waals surface area contributed by atoms with Gasteiger partial charge < -0.3 is 19.5 Å². The van der Waals surface area contributed by atoms with Crippen LogP contribution in [0, 0.1) is 0 Å². The Labute approximate surface area is 169 Å². The zero-order valence-corrected chi connectivity index (χ0v) is 16.2. The zero-order valence-electron chi connectivity index (χ0n) is 16.2. The van der Waals surface area contributed by atoms with Gasteiger partial charge in [0.25, 0.3) is 5.91 Å². The molecular formula is C22H23NO6. The fourth-order valence-corrected chi connectivity index (χ4v) is 2.81. The maximum Gasteiger partial charge on any atom is 0.325 e. The average molecular weight is 397 g/mol. The number of Topliss-reactive ketones (excluding diaryl/α,β-unsaturated/α-hetero) is 1. The van der Waals surface area contributed by atoms with Gasteiger partial charge in [-0.3, -0.25) is 14.4 Å². The summed E-state index contributed by atoms with van der Waals surface area (Å²) in [6.07, 6.45) is 3.19. The van der Waals surface area contributed by atoms with Crippen molar-refractivity contribution in [1.29, 1.82) is 0 Å². The number of rotatable bonds is 9. The molecule has 0 unspecified atom stereocenters. The van der Waals surface area contributed by atoms with E-state index in [1.165, 1.54) is 11.6 Å². The molecule has 1 amide bonds. The minimum Gasteiger partial charge on any atom is -0.456 e. The monoisotopic (exact) mass is 397 g/mol. The predicted octanol–water partition coefficient (Wildman–Crippen LogP) is 2.91. The normalized spacial score (nSPS) is 11.8. The van der Waals surface area contributed by atoms with Crippen LogP contribution in [0.15, 0.2) is 42.5 Å². The minimum atomic E-state index is -0.688. The van der Waals surface area contributed by atoms with Crippen LogP contribution in [-0.4, -0.2) is 37.6 Å². The first-order valence-electron chi connectivity index (χ1n) is 9.52. The summed E-state index contributed by atoms with van der Waals surface area (Å²) in [7, 11) is 0. The topological polar surface area (TPSA) is 90.9 Å². The lowest BCUT2D eigenvalue weighted by Gasteiger charge is -2.07. The fraction of sp³-hybridized carbons (Fsp3) is 0.318. The average Bonchev–Trinajstić information content (AvgIpc) is 3.22. The molecule has 0 saturated carbocycles. The van der Waals surface area contributed by atoms with Gasteiger partial charge in [0.1, 0.15) is 6.54 Å². The molecule has 2 aromatic carbocycles. The third-order valence-corrected chi connectivity index (χ3v) is 4.49. The number of hydrogen-bond donors (Lipinski definition) is 1. The van der Waals surface area contributed by atoms with Gasteiger partial charge in [-0.05, 0) is 36.6 Å². The number of carbonyl (C=O) groups excluding carboxylic acids is 3. The van der Waals surface area contributed by atoms with E-state index < -0.39 is 11.9 Å². The summed E-state index contributed by atoms with van der Waals surface area (Å²) >= 11 is 0. The van der Waals surface area contributed by atoms with Crippen molar-refractivity contribution in [3.63, 3.8) is 0 Å². The third-order valence-electron chi connectivity index (χ3n) is 4.49. The van der Waals surface area contributed by atoms with E-state index in [0.717, 1.165) is 19.3 Å². The SMILES string of the molecule is CCCCc1ccc(C(=O)COC(=O)CNC(=O)c2ccc3c(c2)OCO3)cc1. The van der Waals surface area contributed by atoms with Gasteiger partial charge >= 0.3 is 5.97 Å². The van der Waals surface area contributed by atoms with Gasteiger partial charge in [-0.25, -0.2) is 0 Å². The van der Waals surface area contributed by atoms with E-state index >= 15 is 0 Å². The molecule has 2 aromatic rings. The maximum atomic E-state index is 12.2. The Bertz CT molecular complexity index is 891. The van der Waals surface area contributed by atoms with Crippen LogP contribution in [0.4, 0.5) is 0 Å². The number of carbonyl (C=O) groups is 3. The molecule has 0 radical (unpaired) electrons. The Balaban J connectivity index is 1.42. The predicted molar refractivity (Wildman–Crippen MR) is 105 cm³/mol. The first-order chi connectivity index (χ1) is 14.1. The summed E-state index contributed by atoms with van der Waals surface area (Å²) in [5, 5.41) is 2.46. The molecule has 0 aromatic heterocycles. The fourth-order valence-electron chi connectivity index (χ4n) is 2.81. The highest BCUT2D eigenvalue weighted by Crippen LogP contribution is 2.32. The van der Waals surface area contributed by atoms with Gasteiger partial charge in [-0.2, -0.15) is 0 Å². The van der Waals surface area contributed by atoms with E-state index in [2.05, 4.69) is 12.2 Å². The zero-order chi connectivity index (χ0) is 20.6. The van der Waals surface area contributed by atoms with Crippen LogP contribution in [0.5, 0.6) is 11.5 Å². The Morgan fingerprint density at radius 1 is 1.00 bits per heavy atom. The number of unbranched alkanes of at least 4 members (excludes halogenated alkanes) is 1. The van der Waals surface area contributed by atoms with E-state index in [-0.39, 0.29) is 25.7 Å². The molecule has 0 aliphatic carbocycles. The van der Waals surface area contributed by atoms with Gasteiger partial charge in [0.05, 0.1) is 0 Å². The van der Waals surface area contributed by atoms with Crippen molar-refractivity contribution in [2.24, 2.45) is 0 Å². The first kappa shape index (κ1) is 20.4. The van der Waals surface area contributed by atoms with Crippen molar-refractivity contribution in [3.8, 4) is 11.5 Å². The van der Waals surface area contributed by atoms with Crippen molar-refractivity contribution in [1.82, 2.24) is 5.32 Å². The van der Waals surface area contributed by atoms with Crippen LogP contribution in [0.1, 0.15) is 46.0 Å². The molecule has 0 atom stereocenters. The first-order valence-corrected chi connectivity index (χ1v) is 9.52. The highest BCUT2D eigenvalue weighted by atomic mass is 16.7. The van der Waals surface area contributed by atoms with Crippen LogP contribution in [-0.2, 0) is 16.0 Å². The Morgan fingerprint density at radius 3 is 2.48 bits per heavy atom. The van der Waals surface area contributed by atoms with Crippen LogP contribution in [0.2, 0.25) is 0 Å². The van der Waals surface area contributed by atoms with E-state index in [1.807, 2.05) is 12.1 Å². The smallest absolute Gasteiger partial charge is 0.325 e. The van der Waals surface area contributed by atoms with E-state index in [9.17, 15) is 14.4 Å². The van der Waals surface area contributed by atoms with Gasteiger partial charge in [0, 0.05) is 11.1 Å². The number of nitrogens with one attached hydrogen (secondary N) is 1. The summed E-state index contributed by atoms with van der Waals surface area (Å²) < 4.78 is 15.4. The molecule has 7 nitrogen and oxygen atoms in total. The Hall–Kier alpha value is -3.35. The van der Waals surface area contributed by atoms with Crippen LogP contribution >= 0.6 is 0 Å². The molecule has 1 aliphatic rings. The lowest BCUT2D eigenvalue weighted by atomic mass is 10.0. The number of benzene rings is 2. The number of aryl methyl sites for hydroxylation is 1. The van der Waals surface area contributed by atoms with Crippen molar-refractivity contribution >= 4 is 17.7 Å². The third kappa shape index (κ3) is 5.57. The highest BCUT2D eigenvalue weighted by molar-refractivity contribution is 5.99. The molecule has 7 heteroatoms. The number of amides is 1. The van der Waals surface area contributed by atoms with Crippen molar-refractivity contribution in [3.05, 3.63) is 59.2 Å². The molecule has 0 bridgehead atoms. The molecule has 3 rings (SSSR count). The highest BCUT2D eigenvalue weighted by Gasteiger charge is 2.17. The van der Waals surface area contributed by atoms with Gasteiger partial charge in [0.15, 0.2) is 23.9 Å². The largest absolute Gasteiger partial charge is 0.456 e. The van der Waals surface area contributed by atoms with Gasteiger partial charge in [0.2, 0.25) is 6.79 Å². The summed E-state index contributed by atoms with van der Waals surface area (Å²) in [6.45, 7) is 1.54. The van der Waals surface area contributed by atoms with Crippen molar-refractivity contribution < 1.29 is 28.6 Å². The van der Waals surface area contributed by atoms with Gasteiger partial charge in [-0.15, -0.1) is 0 Å². The van der Waals surface area contributed by atoms with E-state index in [1.54, 1.807) is 24.3 Å². The second kappa shape index (κ2) is 9.73. The maximum absolute atomic E-state index is 12.2. The Kier molecular flexibility index (Phi) is 6.84. The number of hydrogen-bond acceptors (Lipinski definition) is 6. The molecule has 0 spiro atoms. The lowest BCUT2D eigenvalue weighted by Crippen LogP contribution is -2.31. The molecule has 1 aliphatic heterocycles. The van der Waals surface area contributed by atoms with Crippen LogP contribution in [0.3, 0.4) is 0 Å². The van der Waals surface area contributed by atoms with Crippen LogP contribution in [0.25, 0.3) is 0 Å². The second-order valence-electron chi connectivity index (χ2n) is 6.64. The standard InChI is InChI=1S/C22H23NO6/c1-2-3-4-15-5-7-16(8-6-15)18(24)13-27-21(25)12-23-22(26)17-9-10-19-20(11-17)29-14-28-19/h5-11H,2-4,12-14H2,1H3,(H,23,26). The van der Waals surface area contributed by atoms with Crippen molar-refractivity contribution in [2.45, 2.75) is 26.2 Å². The molecule has 0 fully saturated rings. The second-order valence-corrected chi connectivity index (χ2v) is 6.64. The molecule has 0 saturated heterocycles. The van der Waals surface area contributed by atoms with E-state index in [0.29, 0.717) is 22.6 Å². The van der Waals surface area contributed by atoms with Crippen molar-refractivity contribution in [2.75, 3.05) is 19.9 Å². The summed E-state index contributed by atoms with van der Waals surface area (Å²) in [5.74, 6) is -0.381. The van der Waals surface area contributed by atoms with Crippen LogP contribution < -0.4 is 14.8 Å². The minimum absolute atomic E-state index is 0.113. The summed E-state index contributed by atoms with van der Waals surface area (Å²) in [5.41, 5.74) is 2.00. The summed E-state index contributed by atoms with van der Waals surface area (Å²) in [4.78, 5) is 36.1. The molecule has 1 heterocycles. The number of fused-ring (bicyclic) bond motifs is 1. The summed E-state index contributed by atoms with van der Waals surface area (Å²) in [6, 6.07) is 12.0. The van der Waals surface area contributed by atoms with E-state index in [4.69, 9.17) is 14.2 Å². The molecule has 152 valence electrons. The Morgan fingerprint density at radius 2 is 1.72 bits per heavy atom. The molecular weight excluding hydrogens is 374 g/mol. The number of ether oxygens (including phenoxy) is 3.